The minimum Gasteiger partial charge on any atom is -0.466 e. The summed E-state index contributed by atoms with van der Waals surface area (Å²) in [7, 11) is 4.44. The Morgan fingerprint density at radius 2 is 0.636 bits per heavy atom. The molecule has 0 aromatic carbocycles. The minimum absolute atomic E-state index is 0.0199. The van der Waals surface area contributed by atoms with Crippen molar-refractivity contribution < 1.29 is 19.1 Å². The van der Waals surface area contributed by atoms with E-state index in [2.05, 4.69) is 46.7 Å². The molecule has 0 rings (SSSR count). The SMILES string of the molecule is CCCCCC(CCCCC)CCOC(=O)CCCCCCCCCC(CCCCCCCCCC(=O)OCCC(CCCCC)CCCCC)CN(C)C. The summed E-state index contributed by atoms with van der Waals surface area (Å²) < 4.78 is 11.3. The van der Waals surface area contributed by atoms with Crippen LogP contribution in [-0.2, 0) is 19.1 Å². The van der Waals surface area contributed by atoms with Gasteiger partial charge in [-0.3, -0.25) is 9.59 Å². The van der Waals surface area contributed by atoms with Gasteiger partial charge in [0.15, 0.2) is 0 Å². The average Bonchev–Trinajstić information content (AvgIpc) is 3.16. The van der Waals surface area contributed by atoms with E-state index in [0.717, 1.165) is 56.3 Å². The molecular weight excluding hydrogens is 679 g/mol. The number of carbonyl (C=O) groups is 2. The summed E-state index contributed by atoms with van der Waals surface area (Å²) in [5.41, 5.74) is 0. The predicted octanol–water partition coefficient (Wildman–Crippen LogP) is 15.6. The largest absolute Gasteiger partial charge is 0.466 e. The molecule has 0 aliphatic rings. The zero-order valence-corrected chi connectivity index (χ0v) is 38.4. The van der Waals surface area contributed by atoms with Crippen LogP contribution in [0.25, 0.3) is 0 Å². The number of unbranched alkanes of at least 4 members (excludes halogenated alkanes) is 20. The van der Waals surface area contributed by atoms with Crippen molar-refractivity contribution in [2.75, 3.05) is 33.9 Å². The number of hydrogen-bond acceptors (Lipinski definition) is 5. The number of rotatable bonds is 44. The van der Waals surface area contributed by atoms with Crippen LogP contribution in [0.1, 0.15) is 259 Å². The number of hydrogen-bond donors (Lipinski definition) is 0. The van der Waals surface area contributed by atoms with Gasteiger partial charge in [-0.15, -0.1) is 0 Å². The normalized spacial score (nSPS) is 11.8. The molecule has 0 aliphatic carbocycles. The molecule has 0 saturated carbocycles. The topological polar surface area (TPSA) is 55.8 Å². The van der Waals surface area contributed by atoms with Gasteiger partial charge in [-0.1, -0.05) is 207 Å². The Balaban J connectivity index is 3.88. The molecule has 0 unspecified atom stereocenters. The van der Waals surface area contributed by atoms with Gasteiger partial charge < -0.3 is 14.4 Å². The van der Waals surface area contributed by atoms with E-state index in [1.807, 2.05) is 0 Å². The summed E-state index contributed by atoms with van der Waals surface area (Å²) in [6.07, 6.45) is 44.3. The summed E-state index contributed by atoms with van der Waals surface area (Å²) in [6.45, 7) is 11.5. The van der Waals surface area contributed by atoms with E-state index >= 15 is 0 Å². The van der Waals surface area contributed by atoms with Crippen molar-refractivity contribution in [1.29, 1.82) is 0 Å². The second-order valence-electron chi connectivity index (χ2n) is 17.9. The van der Waals surface area contributed by atoms with Crippen molar-refractivity contribution >= 4 is 11.9 Å². The zero-order valence-electron chi connectivity index (χ0n) is 38.4. The maximum atomic E-state index is 12.3. The first-order chi connectivity index (χ1) is 26.9. The van der Waals surface area contributed by atoms with E-state index in [-0.39, 0.29) is 11.9 Å². The van der Waals surface area contributed by atoms with Gasteiger partial charge in [0, 0.05) is 19.4 Å². The molecule has 0 aromatic heterocycles. The van der Waals surface area contributed by atoms with Gasteiger partial charge >= 0.3 is 11.9 Å². The molecule has 0 aliphatic heterocycles. The Bertz CT molecular complexity index is 721. The Labute approximate surface area is 345 Å². The first-order valence-electron chi connectivity index (χ1n) is 24.8. The third-order valence-corrected chi connectivity index (χ3v) is 12.1. The van der Waals surface area contributed by atoms with Gasteiger partial charge in [0.05, 0.1) is 13.2 Å². The molecule has 0 atom stereocenters. The van der Waals surface area contributed by atoms with Crippen molar-refractivity contribution in [2.45, 2.75) is 259 Å². The van der Waals surface area contributed by atoms with Gasteiger partial charge in [0.25, 0.3) is 0 Å². The maximum Gasteiger partial charge on any atom is 0.305 e. The average molecular weight is 778 g/mol. The van der Waals surface area contributed by atoms with E-state index in [9.17, 15) is 9.59 Å². The molecule has 0 N–H and O–H groups in total. The van der Waals surface area contributed by atoms with Crippen molar-refractivity contribution in [3.05, 3.63) is 0 Å². The molecule has 0 amide bonds. The second kappa shape index (κ2) is 42.5. The molecule has 0 fully saturated rings. The quantitative estimate of drug-likeness (QED) is 0.0455. The van der Waals surface area contributed by atoms with Gasteiger partial charge in [-0.25, -0.2) is 0 Å². The summed E-state index contributed by atoms with van der Waals surface area (Å²) >= 11 is 0. The standard InChI is InChI=1S/C50H99NO4/c1-7-11-25-33-46(34-26-12-8-2)41-43-54-49(52)39-31-23-19-15-17-21-29-37-48(45-51(5)6)38-30-22-18-16-20-24-32-40-50(53)55-44-42-47(35-27-13-9-3)36-28-14-10-4/h46-48H,7-45H2,1-6H3. The number of esters is 2. The molecule has 0 saturated heterocycles. The van der Waals surface area contributed by atoms with Crippen LogP contribution in [0.5, 0.6) is 0 Å². The Hall–Kier alpha value is -1.10. The molecule has 5 nitrogen and oxygen atoms in total. The van der Waals surface area contributed by atoms with Crippen LogP contribution in [0.4, 0.5) is 0 Å². The predicted molar refractivity (Wildman–Crippen MR) is 240 cm³/mol. The molecule has 0 heterocycles. The smallest absolute Gasteiger partial charge is 0.305 e. The van der Waals surface area contributed by atoms with Crippen molar-refractivity contribution in [1.82, 2.24) is 4.90 Å². The van der Waals surface area contributed by atoms with Gasteiger partial charge in [0.1, 0.15) is 0 Å². The lowest BCUT2D eigenvalue weighted by Crippen LogP contribution is -2.21. The van der Waals surface area contributed by atoms with Crippen LogP contribution < -0.4 is 0 Å². The second-order valence-corrected chi connectivity index (χ2v) is 17.9. The summed E-state index contributed by atoms with van der Waals surface area (Å²) in [5, 5.41) is 0. The Kier molecular flexibility index (Phi) is 41.7. The van der Waals surface area contributed by atoms with Gasteiger partial charge in [-0.05, 0) is 70.4 Å². The van der Waals surface area contributed by atoms with Crippen molar-refractivity contribution in [3.8, 4) is 0 Å². The summed E-state index contributed by atoms with van der Waals surface area (Å²) in [6, 6.07) is 0. The van der Waals surface area contributed by atoms with Crippen molar-refractivity contribution in [2.24, 2.45) is 17.8 Å². The van der Waals surface area contributed by atoms with E-state index in [1.165, 1.54) is 186 Å². The zero-order chi connectivity index (χ0) is 40.5. The van der Waals surface area contributed by atoms with Crippen LogP contribution in [0.15, 0.2) is 0 Å². The maximum absolute atomic E-state index is 12.3. The highest BCUT2D eigenvalue weighted by Gasteiger charge is 2.13. The van der Waals surface area contributed by atoms with Gasteiger partial charge in [0.2, 0.25) is 0 Å². The van der Waals surface area contributed by atoms with E-state index in [0.29, 0.717) is 26.1 Å². The number of carbonyl (C=O) groups excluding carboxylic acids is 2. The third-order valence-electron chi connectivity index (χ3n) is 12.1. The fourth-order valence-electron chi connectivity index (χ4n) is 8.44. The van der Waals surface area contributed by atoms with Crippen LogP contribution >= 0.6 is 0 Å². The molecule has 0 bridgehead atoms. The van der Waals surface area contributed by atoms with Crippen molar-refractivity contribution in [3.63, 3.8) is 0 Å². The van der Waals surface area contributed by atoms with Crippen LogP contribution in [-0.4, -0.2) is 50.7 Å². The fraction of sp³-hybridized carbons (Fsp3) is 0.960. The first-order valence-corrected chi connectivity index (χ1v) is 24.8. The highest BCUT2D eigenvalue weighted by atomic mass is 16.5. The van der Waals surface area contributed by atoms with Crippen LogP contribution in [0.2, 0.25) is 0 Å². The van der Waals surface area contributed by atoms with E-state index < -0.39 is 0 Å². The highest BCUT2D eigenvalue weighted by molar-refractivity contribution is 5.69. The lowest BCUT2D eigenvalue weighted by molar-refractivity contribution is -0.145. The minimum atomic E-state index is 0.0199. The fourth-order valence-corrected chi connectivity index (χ4v) is 8.44. The van der Waals surface area contributed by atoms with Gasteiger partial charge in [-0.2, -0.15) is 0 Å². The number of nitrogens with zero attached hydrogens (tertiary/aromatic N) is 1. The lowest BCUT2D eigenvalue weighted by Gasteiger charge is -2.21. The third kappa shape index (κ3) is 39.5. The lowest BCUT2D eigenvalue weighted by atomic mass is 9.92. The molecule has 0 aromatic rings. The molecule has 328 valence electrons. The Morgan fingerprint density at radius 3 is 0.945 bits per heavy atom. The van der Waals surface area contributed by atoms with Crippen LogP contribution in [0, 0.1) is 17.8 Å². The summed E-state index contributed by atoms with van der Waals surface area (Å²) in [5.74, 6) is 2.32. The highest BCUT2D eigenvalue weighted by Crippen LogP contribution is 2.24. The molecule has 0 spiro atoms. The Morgan fingerprint density at radius 1 is 0.364 bits per heavy atom. The number of ether oxygens (including phenoxy) is 2. The summed E-state index contributed by atoms with van der Waals surface area (Å²) in [4.78, 5) is 27.0. The first kappa shape index (κ1) is 53.9. The molecular formula is C50H99NO4. The molecule has 55 heavy (non-hydrogen) atoms. The monoisotopic (exact) mass is 778 g/mol. The van der Waals surface area contributed by atoms with E-state index in [4.69, 9.17) is 9.47 Å². The molecule has 0 radical (unpaired) electrons. The molecule has 5 heteroatoms. The van der Waals surface area contributed by atoms with Crippen LogP contribution in [0.3, 0.4) is 0 Å². The van der Waals surface area contributed by atoms with E-state index in [1.54, 1.807) is 0 Å².